The molecule has 3 aromatic heterocycles. The van der Waals surface area contributed by atoms with Crippen molar-refractivity contribution < 1.29 is 1.43 Å². The summed E-state index contributed by atoms with van der Waals surface area (Å²) in [6.45, 7) is 6.33. The van der Waals surface area contributed by atoms with Gasteiger partial charge in [-0.3, -0.25) is 0 Å². The molecule has 3 aromatic rings. The van der Waals surface area contributed by atoms with Crippen LogP contribution in [0.2, 0.25) is 0 Å². The number of aryl methyl sites for hydroxylation is 1. The van der Waals surface area contributed by atoms with Crippen LogP contribution in [0, 0.1) is 6.92 Å². The van der Waals surface area contributed by atoms with Gasteiger partial charge in [0.15, 0.2) is 5.65 Å². The lowest BCUT2D eigenvalue weighted by Crippen LogP contribution is -2.05. The Morgan fingerprint density at radius 3 is 2.79 bits per heavy atom. The maximum Gasteiger partial charge on any atom is 0.222 e. The van der Waals surface area contributed by atoms with Gasteiger partial charge in [-0.15, -0.1) is 0 Å². The van der Waals surface area contributed by atoms with Gasteiger partial charge in [0.2, 0.25) is 5.95 Å². The summed E-state index contributed by atoms with van der Waals surface area (Å²) in [6.07, 6.45) is 4.86. The van der Waals surface area contributed by atoms with Crippen LogP contribution in [0.5, 0.6) is 0 Å². The number of aromatic nitrogens is 5. The third-order valence-electron chi connectivity index (χ3n) is 4.39. The van der Waals surface area contributed by atoms with E-state index in [2.05, 4.69) is 44.8 Å². The number of pyridine rings is 1. The zero-order chi connectivity index (χ0) is 16.8. The molecule has 4 rings (SSSR count). The van der Waals surface area contributed by atoms with Crippen LogP contribution < -0.4 is 5.32 Å². The van der Waals surface area contributed by atoms with E-state index in [4.69, 9.17) is 4.98 Å². The first-order chi connectivity index (χ1) is 11.6. The molecule has 0 saturated carbocycles. The number of allylic oxidation sites excluding steroid dienone is 1. The Labute approximate surface area is 142 Å². The van der Waals surface area contributed by atoms with Crippen molar-refractivity contribution in [2.24, 2.45) is 0 Å². The number of rotatable bonds is 3. The third kappa shape index (κ3) is 2.18. The lowest BCUT2D eigenvalue weighted by Gasteiger charge is -2.11. The number of nitrogens with zero attached hydrogens (tertiary/aromatic N) is 5. The lowest BCUT2D eigenvalue weighted by atomic mass is 10.1. The second-order valence-electron chi connectivity index (χ2n) is 6.29. The largest absolute Gasteiger partial charge is 0.357 e. The molecule has 1 aliphatic rings. The molecule has 0 atom stereocenters. The molecule has 1 N–H and O–H groups in total. The molecule has 0 fully saturated rings. The number of hydrogen-bond donors (Lipinski definition) is 1. The molecule has 0 aliphatic heterocycles. The molecule has 3 heterocycles. The second-order valence-corrected chi connectivity index (χ2v) is 6.29. The molecule has 0 amide bonds. The van der Waals surface area contributed by atoms with Gasteiger partial charge < -0.3 is 9.88 Å². The van der Waals surface area contributed by atoms with E-state index in [0.717, 1.165) is 45.9 Å². The fraction of sp³-hybridized carbons (Fsp3) is 0.333. The van der Waals surface area contributed by atoms with Crippen LogP contribution in [-0.2, 0) is 6.42 Å². The third-order valence-corrected chi connectivity index (χ3v) is 4.39. The molecule has 0 unspecified atom stereocenters. The summed E-state index contributed by atoms with van der Waals surface area (Å²) in [5, 5.41) is 2.99. The molecule has 6 nitrogen and oxygen atoms in total. The molecule has 1 aliphatic carbocycles. The molecule has 0 saturated heterocycles. The van der Waals surface area contributed by atoms with E-state index in [1.165, 1.54) is 0 Å². The Bertz CT molecular complexity index is 973. The first-order valence-corrected chi connectivity index (χ1v) is 8.18. The van der Waals surface area contributed by atoms with E-state index in [-0.39, 0.29) is 1.43 Å². The van der Waals surface area contributed by atoms with Gasteiger partial charge >= 0.3 is 0 Å². The summed E-state index contributed by atoms with van der Waals surface area (Å²) in [4.78, 5) is 18.4. The maximum atomic E-state index is 4.90. The van der Waals surface area contributed by atoms with Gasteiger partial charge in [0.05, 0.1) is 11.4 Å². The van der Waals surface area contributed by atoms with Crippen LogP contribution in [0.3, 0.4) is 0 Å². The van der Waals surface area contributed by atoms with Crippen LogP contribution >= 0.6 is 0 Å². The maximum absolute atomic E-state index is 4.90. The summed E-state index contributed by atoms with van der Waals surface area (Å²) >= 11 is 0. The standard InChI is InChI=1S/C18H20N6.H2/c1-10(2)24-11(3)21-16-8-7-14(22-17(16)24)12-5-6-15-13(12)9-20-18(19-4)23-15;/h5,7-10H,6H2,1-4H3,(H,19,20,23);1H. The van der Waals surface area contributed by atoms with Gasteiger partial charge in [0.1, 0.15) is 11.3 Å². The Kier molecular flexibility index (Phi) is 3.33. The van der Waals surface area contributed by atoms with Gasteiger partial charge in [0, 0.05) is 38.3 Å². The molecule has 0 spiro atoms. The fourth-order valence-electron chi connectivity index (χ4n) is 3.32. The van der Waals surface area contributed by atoms with Crippen LogP contribution in [0.25, 0.3) is 16.7 Å². The minimum atomic E-state index is 0. The minimum absolute atomic E-state index is 0. The lowest BCUT2D eigenvalue weighted by molar-refractivity contribution is 0.595. The summed E-state index contributed by atoms with van der Waals surface area (Å²) in [6, 6.07) is 4.40. The number of fused-ring (bicyclic) bond motifs is 2. The highest BCUT2D eigenvalue weighted by Gasteiger charge is 2.20. The van der Waals surface area contributed by atoms with Crippen molar-refractivity contribution in [2.75, 3.05) is 12.4 Å². The molecular weight excluding hydrogens is 300 g/mol. The van der Waals surface area contributed by atoms with Crippen molar-refractivity contribution in [3.05, 3.63) is 47.2 Å². The van der Waals surface area contributed by atoms with E-state index in [1.807, 2.05) is 32.3 Å². The SMILES string of the molecule is CNc1ncc2c(n1)CC=C2c1ccc2nc(C)n(C(C)C)c2n1.[HH]. The monoisotopic (exact) mass is 322 g/mol. The van der Waals surface area contributed by atoms with Gasteiger partial charge in [-0.1, -0.05) is 6.08 Å². The van der Waals surface area contributed by atoms with Crippen molar-refractivity contribution in [3.63, 3.8) is 0 Å². The average Bonchev–Trinajstić information content (AvgIpc) is 3.13. The van der Waals surface area contributed by atoms with E-state index in [1.54, 1.807) is 0 Å². The fourth-order valence-corrected chi connectivity index (χ4v) is 3.32. The van der Waals surface area contributed by atoms with Crippen LogP contribution in [0.15, 0.2) is 24.4 Å². The predicted molar refractivity (Wildman–Crippen MR) is 97.1 cm³/mol. The van der Waals surface area contributed by atoms with Crippen LogP contribution in [0.1, 0.15) is 44.1 Å². The van der Waals surface area contributed by atoms with Gasteiger partial charge in [-0.25, -0.2) is 19.9 Å². The first-order valence-electron chi connectivity index (χ1n) is 8.18. The van der Waals surface area contributed by atoms with Gasteiger partial charge in [-0.05, 0) is 32.9 Å². The summed E-state index contributed by atoms with van der Waals surface area (Å²) < 4.78 is 2.18. The van der Waals surface area contributed by atoms with Crippen molar-refractivity contribution >= 4 is 22.7 Å². The van der Waals surface area contributed by atoms with E-state index < -0.39 is 0 Å². The highest BCUT2D eigenvalue weighted by molar-refractivity contribution is 5.85. The second kappa shape index (κ2) is 5.40. The molecule has 6 heteroatoms. The first kappa shape index (κ1) is 14.8. The summed E-state index contributed by atoms with van der Waals surface area (Å²) in [5.74, 6) is 1.65. The van der Waals surface area contributed by atoms with E-state index in [9.17, 15) is 0 Å². The van der Waals surface area contributed by atoms with Crippen molar-refractivity contribution in [2.45, 2.75) is 33.2 Å². The Hall–Kier alpha value is -2.76. The summed E-state index contributed by atoms with van der Waals surface area (Å²) in [7, 11) is 1.83. The predicted octanol–water partition coefficient (Wildman–Crippen LogP) is 3.39. The molecule has 124 valence electrons. The summed E-state index contributed by atoms with van der Waals surface area (Å²) in [5.41, 5.74) is 6.02. The van der Waals surface area contributed by atoms with E-state index in [0.29, 0.717) is 12.0 Å². The zero-order valence-electron chi connectivity index (χ0n) is 14.3. The van der Waals surface area contributed by atoms with Crippen molar-refractivity contribution in [1.29, 1.82) is 0 Å². The Balaban J connectivity index is 0.00000182. The molecule has 0 aromatic carbocycles. The zero-order valence-corrected chi connectivity index (χ0v) is 14.3. The smallest absolute Gasteiger partial charge is 0.222 e. The van der Waals surface area contributed by atoms with Crippen LogP contribution in [-0.4, -0.2) is 31.6 Å². The highest BCUT2D eigenvalue weighted by atomic mass is 15.1. The van der Waals surface area contributed by atoms with Crippen molar-refractivity contribution in [1.82, 2.24) is 24.5 Å². The Morgan fingerprint density at radius 1 is 1.21 bits per heavy atom. The van der Waals surface area contributed by atoms with E-state index >= 15 is 0 Å². The Morgan fingerprint density at radius 2 is 2.04 bits per heavy atom. The number of nitrogens with one attached hydrogen (secondary N) is 1. The topological polar surface area (TPSA) is 68.5 Å². The highest BCUT2D eigenvalue weighted by Crippen LogP contribution is 2.32. The quantitative estimate of drug-likeness (QED) is 0.800. The average molecular weight is 322 g/mol. The van der Waals surface area contributed by atoms with Crippen LogP contribution in [0.4, 0.5) is 5.95 Å². The molecule has 0 radical (unpaired) electrons. The van der Waals surface area contributed by atoms with Gasteiger partial charge in [-0.2, -0.15) is 0 Å². The van der Waals surface area contributed by atoms with Crippen molar-refractivity contribution in [3.8, 4) is 0 Å². The molecule has 24 heavy (non-hydrogen) atoms. The van der Waals surface area contributed by atoms with Gasteiger partial charge in [0.25, 0.3) is 0 Å². The number of anilines is 1. The number of hydrogen-bond acceptors (Lipinski definition) is 5. The minimum Gasteiger partial charge on any atom is -0.357 e. The number of imidazole rings is 1. The normalized spacial score (nSPS) is 13.5. The molecule has 0 bridgehead atoms. The molecular formula is C18H22N6.